The number of hydrogen-bond donors (Lipinski definition) is 2. The van der Waals surface area contributed by atoms with Gasteiger partial charge in [0.15, 0.2) is 0 Å². The quantitative estimate of drug-likeness (QED) is 0.391. The molecular formula is C23H24N4O7S. The number of amides is 1. The van der Waals surface area contributed by atoms with Gasteiger partial charge in [0.25, 0.3) is 5.91 Å². The second-order valence-corrected chi connectivity index (χ2v) is 9.41. The van der Waals surface area contributed by atoms with Gasteiger partial charge in [-0.05, 0) is 30.3 Å². The highest BCUT2D eigenvalue weighted by Crippen LogP contribution is 2.11. The minimum atomic E-state index is -3.94. The molecule has 2 N–H and O–H groups in total. The number of nitrogens with zero attached hydrogens (tertiary/aromatic N) is 3. The van der Waals surface area contributed by atoms with Gasteiger partial charge in [-0.15, -0.1) is 0 Å². The van der Waals surface area contributed by atoms with Gasteiger partial charge in [-0.3, -0.25) is 9.36 Å². The Morgan fingerprint density at radius 2 is 1.66 bits per heavy atom. The summed E-state index contributed by atoms with van der Waals surface area (Å²) in [5.41, 5.74) is -0.191. The number of ether oxygens (including phenoxy) is 1. The molecule has 0 saturated carbocycles. The van der Waals surface area contributed by atoms with Crippen LogP contribution >= 0.6 is 0 Å². The highest BCUT2D eigenvalue weighted by molar-refractivity contribution is 7.88. The van der Waals surface area contributed by atoms with E-state index in [1.54, 1.807) is 48.5 Å². The van der Waals surface area contributed by atoms with Gasteiger partial charge in [-0.2, -0.15) is 9.29 Å². The molecule has 3 rings (SSSR count). The van der Waals surface area contributed by atoms with E-state index in [0.29, 0.717) is 5.56 Å². The SMILES string of the molecule is CS(=O)(=O)N(Cn1ccc(NC(=O)c2ccccc2)nc1=O)C(CO)COC(=O)c1ccccc1. The molecule has 0 saturated heterocycles. The number of esters is 1. The van der Waals surface area contributed by atoms with E-state index in [0.717, 1.165) is 15.1 Å². The zero-order valence-electron chi connectivity index (χ0n) is 18.8. The molecule has 11 nitrogen and oxygen atoms in total. The first-order chi connectivity index (χ1) is 16.7. The lowest BCUT2D eigenvalue weighted by atomic mass is 10.2. The molecule has 0 bridgehead atoms. The van der Waals surface area contributed by atoms with Crippen LogP contribution in [0.15, 0.2) is 77.7 Å². The van der Waals surface area contributed by atoms with E-state index in [1.807, 2.05) is 0 Å². The number of aliphatic hydroxyl groups is 1. The number of aliphatic hydroxyl groups excluding tert-OH is 1. The maximum Gasteiger partial charge on any atom is 0.350 e. The van der Waals surface area contributed by atoms with Crippen LogP contribution in [-0.2, 0) is 21.4 Å². The van der Waals surface area contributed by atoms with Gasteiger partial charge in [0.1, 0.15) is 12.4 Å². The number of rotatable bonds is 10. The van der Waals surface area contributed by atoms with Gasteiger partial charge in [0, 0.05) is 11.8 Å². The van der Waals surface area contributed by atoms with Gasteiger partial charge >= 0.3 is 11.7 Å². The summed E-state index contributed by atoms with van der Waals surface area (Å²) in [6.45, 7) is -1.60. The number of aromatic nitrogens is 2. The number of anilines is 1. The van der Waals surface area contributed by atoms with Crippen molar-refractivity contribution >= 4 is 27.7 Å². The van der Waals surface area contributed by atoms with Crippen LogP contribution < -0.4 is 11.0 Å². The van der Waals surface area contributed by atoms with Gasteiger partial charge in [-0.1, -0.05) is 36.4 Å². The van der Waals surface area contributed by atoms with Crippen LogP contribution in [-0.4, -0.2) is 64.8 Å². The Hall–Kier alpha value is -3.87. The second-order valence-electron chi connectivity index (χ2n) is 7.48. The van der Waals surface area contributed by atoms with Gasteiger partial charge < -0.3 is 15.2 Å². The number of benzene rings is 2. The molecule has 35 heavy (non-hydrogen) atoms. The molecule has 0 spiro atoms. The van der Waals surface area contributed by atoms with Crippen LogP contribution in [0.2, 0.25) is 0 Å². The zero-order valence-corrected chi connectivity index (χ0v) is 19.6. The van der Waals surface area contributed by atoms with Crippen LogP contribution in [0.25, 0.3) is 0 Å². The van der Waals surface area contributed by atoms with Gasteiger partial charge in [0.05, 0.1) is 31.1 Å². The molecule has 0 aliphatic rings. The van der Waals surface area contributed by atoms with Crippen molar-refractivity contribution in [1.29, 1.82) is 0 Å². The highest BCUT2D eigenvalue weighted by atomic mass is 32.2. The van der Waals surface area contributed by atoms with Crippen molar-refractivity contribution < 1.29 is 27.9 Å². The summed E-state index contributed by atoms with van der Waals surface area (Å²) < 4.78 is 31.8. The van der Waals surface area contributed by atoms with Crippen LogP contribution in [0.4, 0.5) is 5.82 Å². The summed E-state index contributed by atoms with van der Waals surface area (Å²) in [5.74, 6) is -1.16. The van der Waals surface area contributed by atoms with E-state index in [1.165, 1.54) is 24.4 Å². The summed E-state index contributed by atoms with van der Waals surface area (Å²) in [7, 11) is -3.94. The summed E-state index contributed by atoms with van der Waals surface area (Å²) in [4.78, 5) is 40.8. The lowest BCUT2D eigenvalue weighted by Crippen LogP contribution is -2.47. The van der Waals surface area contributed by atoms with E-state index >= 15 is 0 Å². The number of sulfonamides is 1. The topological polar surface area (TPSA) is 148 Å². The number of nitrogens with one attached hydrogen (secondary N) is 1. The fraction of sp³-hybridized carbons (Fsp3) is 0.217. The van der Waals surface area contributed by atoms with Crippen molar-refractivity contribution in [2.45, 2.75) is 12.7 Å². The normalized spacial score (nSPS) is 12.2. The third-order valence-electron chi connectivity index (χ3n) is 4.90. The fourth-order valence-corrected chi connectivity index (χ4v) is 4.09. The number of carbonyl (C=O) groups excluding carboxylic acids is 2. The lowest BCUT2D eigenvalue weighted by molar-refractivity contribution is 0.0332. The van der Waals surface area contributed by atoms with E-state index in [4.69, 9.17) is 4.74 Å². The predicted molar refractivity (Wildman–Crippen MR) is 127 cm³/mol. The Bertz CT molecular complexity index is 1330. The molecule has 1 unspecified atom stereocenters. The first-order valence-electron chi connectivity index (χ1n) is 10.4. The van der Waals surface area contributed by atoms with Crippen molar-refractivity contribution in [2.75, 3.05) is 24.8 Å². The molecular weight excluding hydrogens is 476 g/mol. The van der Waals surface area contributed by atoms with Crippen molar-refractivity contribution in [2.24, 2.45) is 0 Å². The van der Waals surface area contributed by atoms with Gasteiger partial charge in [-0.25, -0.2) is 18.0 Å². The molecule has 0 aliphatic heterocycles. The third-order valence-corrected chi connectivity index (χ3v) is 6.17. The van der Waals surface area contributed by atoms with E-state index in [2.05, 4.69) is 10.3 Å². The highest BCUT2D eigenvalue weighted by Gasteiger charge is 2.28. The van der Waals surface area contributed by atoms with Gasteiger partial charge in [0.2, 0.25) is 10.0 Å². The molecule has 2 aromatic carbocycles. The average Bonchev–Trinajstić information content (AvgIpc) is 2.85. The summed E-state index contributed by atoms with van der Waals surface area (Å²) in [6.07, 6.45) is 2.17. The van der Waals surface area contributed by atoms with Crippen LogP contribution in [0.3, 0.4) is 0 Å². The molecule has 3 aromatic rings. The monoisotopic (exact) mass is 500 g/mol. The maximum atomic E-state index is 12.5. The largest absolute Gasteiger partial charge is 0.460 e. The Labute approximate surface area is 201 Å². The molecule has 12 heteroatoms. The molecule has 0 radical (unpaired) electrons. The average molecular weight is 501 g/mol. The lowest BCUT2D eigenvalue weighted by Gasteiger charge is -2.28. The molecule has 1 aromatic heterocycles. The van der Waals surface area contributed by atoms with Crippen LogP contribution in [0, 0.1) is 0 Å². The van der Waals surface area contributed by atoms with Crippen LogP contribution in [0.5, 0.6) is 0 Å². The Morgan fingerprint density at radius 1 is 1.06 bits per heavy atom. The molecule has 0 aliphatic carbocycles. The predicted octanol–water partition coefficient (Wildman–Crippen LogP) is 0.933. The van der Waals surface area contributed by atoms with Crippen molar-refractivity contribution in [3.8, 4) is 0 Å². The number of hydrogen-bond acceptors (Lipinski definition) is 8. The molecule has 0 fully saturated rings. The van der Waals surface area contributed by atoms with E-state index < -0.39 is 53.5 Å². The molecule has 1 amide bonds. The Morgan fingerprint density at radius 3 is 2.20 bits per heavy atom. The minimum absolute atomic E-state index is 0.0125. The van der Waals surface area contributed by atoms with Crippen molar-refractivity contribution in [1.82, 2.24) is 13.9 Å². The van der Waals surface area contributed by atoms with Crippen molar-refractivity contribution in [3.63, 3.8) is 0 Å². The number of carbonyl (C=O) groups is 2. The standard InChI is InChI=1S/C23H24N4O7S/c1-35(32,33)27(19(14-28)15-34-22(30)18-10-6-3-7-11-18)16-26-13-12-20(25-23(26)31)24-21(29)17-8-4-2-5-9-17/h2-13,19,28H,14-16H2,1H3,(H,24,25,29,31). The first-order valence-corrected chi connectivity index (χ1v) is 12.3. The molecule has 1 atom stereocenters. The molecule has 184 valence electrons. The summed E-state index contributed by atoms with van der Waals surface area (Å²) >= 11 is 0. The Balaban J connectivity index is 1.73. The zero-order chi connectivity index (χ0) is 25.4. The van der Waals surface area contributed by atoms with Crippen LogP contribution in [0.1, 0.15) is 20.7 Å². The minimum Gasteiger partial charge on any atom is -0.460 e. The second kappa shape index (κ2) is 11.5. The molecule has 1 heterocycles. The van der Waals surface area contributed by atoms with E-state index in [9.17, 15) is 27.9 Å². The van der Waals surface area contributed by atoms with E-state index in [-0.39, 0.29) is 11.4 Å². The third kappa shape index (κ3) is 7.06. The summed E-state index contributed by atoms with van der Waals surface area (Å²) in [6, 6.07) is 16.6. The summed E-state index contributed by atoms with van der Waals surface area (Å²) in [5, 5.41) is 12.3. The fourth-order valence-electron chi connectivity index (χ4n) is 3.08. The van der Waals surface area contributed by atoms with Crippen molar-refractivity contribution in [3.05, 3.63) is 94.5 Å². The Kier molecular flexibility index (Phi) is 8.47. The smallest absolute Gasteiger partial charge is 0.350 e. The first kappa shape index (κ1) is 25.7. The maximum absolute atomic E-state index is 12.5.